The van der Waals surface area contributed by atoms with Crippen molar-refractivity contribution in [1.29, 1.82) is 0 Å². The maximum atomic E-state index is 11.7. The Labute approximate surface area is 86.2 Å². The summed E-state index contributed by atoms with van der Waals surface area (Å²) in [5, 5.41) is 3.79. The number of aromatic nitrogens is 1. The SMILES string of the molecule is O=C(Cc1ccncc1)c1ccsc1. The number of ketones is 1. The third kappa shape index (κ3) is 2.06. The van der Waals surface area contributed by atoms with E-state index in [0.29, 0.717) is 6.42 Å². The highest BCUT2D eigenvalue weighted by atomic mass is 32.1. The van der Waals surface area contributed by atoms with Gasteiger partial charge in [-0.05, 0) is 29.1 Å². The molecule has 0 aliphatic heterocycles. The zero-order valence-corrected chi connectivity index (χ0v) is 8.33. The minimum Gasteiger partial charge on any atom is -0.294 e. The van der Waals surface area contributed by atoms with Crippen molar-refractivity contribution < 1.29 is 4.79 Å². The number of rotatable bonds is 3. The van der Waals surface area contributed by atoms with Crippen molar-refractivity contribution in [2.45, 2.75) is 6.42 Å². The second-order valence-electron chi connectivity index (χ2n) is 2.97. The van der Waals surface area contributed by atoms with Gasteiger partial charge in [-0.1, -0.05) is 0 Å². The molecular formula is C11H9NOS. The van der Waals surface area contributed by atoms with Gasteiger partial charge in [0.2, 0.25) is 0 Å². The molecule has 14 heavy (non-hydrogen) atoms. The molecule has 0 spiro atoms. The maximum absolute atomic E-state index is 11.7. The summed E-state index contributed by atoms with van der Waals surface area (Å²) >= 11 is 1.55. The Morgan fingerprint density at radius 1 is 1.29 bits per heavy atom. The average Bonchev–Trinajstić information content (AvgIpc) is 2.72. The van der Waals surface area contributed by atoms with Crippen LogP contribution in [-0.4, -0.2) is 10.8 Å². The number of hydrogen-bond acceptors (Lipinski definition) is 3. The van der Waals surface area contributed by atoms with Crippen LogP contribution in [0.1, 0.15) is 15.9 Å². The Balaban J connectivity index is 2.10. The largest absolute Gasteiger partial charge is 0.294 e. The van der Waals surface area contributed by atoms with Crippen LogP contribution in [0.25, 0.3) is 0 Å². The molecule has 0 radical (unpaired) electrons. The topological polar surface area (TPSA) is 30.0 Å². The van der Waals surface area contributed by atoms with Gasteiger partial charge >= 0.3 is 0 Å². The standard InChI is InChI=1S/C11H9NOS/c13-11(10-3-6-14-8-10)7-9-1-4-12-5-2-9/h1-6,8H,7H2. The normalized spacial score (nSPS) is 10.0. The molecule has 0 saturated heterocycles. The third-order valence-corrected chi connectivity index (χ3v) is 2.64. The average molecular weight is 203 g/mol. The maximum Gasteiger partial charge on any atom is 0.168 e. The number of carbonyl (C=O) groups excluding carboxylic acids is 1. The lowest BCUT2D eigenvalue weighted by Gasteiger charge is -1.97. The number of thiophene rings is 1. The number of hydrogen-bond donors (Lipinski definition) is 0. The summed E-state index contributed by atoms with van der Waals surface area (Å²) in [6.07, 6.45) is 3.87. The summed E-state index contributed by atoms with van der Waals surface area (Å²) in [5.41, 5.74) is 1.81. The monoisotopic (exact) mass is 203 g/mol. The van der Waals surface area contributed by atoms with Crippen LogP contribution in [0.4, 0.5) is 0 Å². The van der Waals surface area contributed by atoms with E-state index >= 15 is 0 Å². The van der Waals surface area contributed by atoms with Crippen molar-refractivity contribution in [2.75, 3.05) is 0 Å². The van der Waals surface area contributed by atoms with Gasteiger partial charge in [0, 0.05) is 29.8 Å². The molecule has 0 aliphatic rings. The Morgan fingerprint density at radius 2 is 2.07 bits per heavy atom. The van der Waals surface area contributed by atoms with Crippen molar-refractivity contribution >= 4 is 17.1 Å². The molecule has 3 heteroatoms. The van der Waals surface area contributed by atoms with E-state index < -0.39 is 0 Å². The van der Waals surface area contributed by atoms with Crippen LogP contribution in [0.15, 0.2) is 41.4 Å². The predicted octanol–water partition coefficient (Wildman–Crippen LogP) is 2.57. The molecule has 70 valence electrons. The smallest absolute Gasteiger partial charge is 0.168 e. The van der Waals surface area contributed by atoms with Crippen molar-refractivity contribution in [2.24, 2.45) is 0 Å². The number of Topliss-reactive ketones (excluding diaryl/α,β-unsaturated/α-hetero) is 1. The molecule has 0 amide bonds. The zero-order chi connectivity index (χ0) is 9.80. The minimum atomic E-state index is 0.164. The molecule has 0 N–H and O–H groups in total. The van der Waals surface area contributed by atoms with E-state index in [-0.39, 0.29) is 5.78 Å². The van der Waals surface area contributed by atoms with Crippen molar-refractivity contribution in [3.8, 4) is 0 Å². The Kier molecular flexibility index (Phi) is 2.70. The van der Waals surface area contributed by atoms with E-state index in [1.165, 1.54) is 0 Å². The van der Waals surface area contributed by atoms with E-state index in [2.05, 4.69) is 4.98 Å². The zero-order valence-electron chi connectivity index (χ0n) is 7.51. The lowest BCUT2D eigenvalue weighted by molar-refractivity contribution is 0.0993. The summed E-state index contributed by atoms with van der Waals surface area (Å²) in [6.45, 7) is 0. The van der Waals surface area contributed by atoms with E-state index in [1.54, 1.807) is 23.7 Å². The van der Waals surface area contributed by atoms with E-state index in [4.69, 9.17) is 0 Å². The van der Waals surface area contributed by atoms with Crippen molar-refractivity contribution in [3.63, 3.8) is 0 Å². The fourth-order valence-corrected chi connectivity index (χ4v) is 1.87. The summed E-state index contributed by atoms with van der Waals surface area (Å²) in [5.74, 6) is 0.164. The molecule has 2 heterocycles. The van der Waals surface area contributed by atoms with Gasteiger partial charge in [0.25, 0.3) is 0 Å². The molecule has 2 nitrogen and oxygen atoms in total. The van der Waals surface area contributed by atoms with Gasteiger partial charge in [-0.25, -0.2) is 0 Å². The summed E-state index contributed by atoms with van der Waals surface area (Å²) in [4.78, 5) is 15.6. The van der Waals surface area contributed by atoms with Crippen molar-refractivity contribution in [1.82, 2.24) is 4.98 Å². The van der Waals surface area contributed by atoms with Crippen LogP contribution >= 0.6 is 11.3 Å². The highest BCUT2D eigenvalue weighted by Crippen LogP contribution is 2.10. The fourth-order valence-electron chi connectivity index (χ4n) is 1.21. The highest BCUT2D eigenvalue weighted by molar-refractivity contribution is 7.08. The molecular weight excluding hydrogens is 194 g/mol. The van der Waals surface area contributed by atoms with Crippen LogP contribution in [-0.2, 0) is 6.42 Å². The van der Waals surface area contributed by atoms with Gasteiger partial charge in [0.1, 0.15) is 0 Å². The lowest BCUT2D eigenvalue weighted by atomic mass is 10.1. The van der Waals surface area contributed by atoms with E-state index in [1.807, 2.05) is 29.0 Å². The summed E-state index contributed by atoms with van der Waals surface area (Å²) in [6, 6.07) is 5.59. The number of carbonyl (C=O) groups is 1. The minimum absolute atomic E-state index is 0.164. The van der Waals surface area contributed by atoms with Crippen molar-refractivity contribution in [3.05, 3.63) is 52.5 Å². The van der Waals surface area contributed by atoms with Gasteiger partial charge in [-0.3, -0.25) is 9.78 Å². The molecule has 0 aromatic carbocycles. The van der Waals surface area contributed by atoms with Crippen LogP contribution in [0, 0.1) is 0 Å². The van der Waals surface area contributed by atoms with Gasteiger partial charge in [-0.2, -0.15) is 11.3 Å². The van der Waals surface area contributed by atoms with Crippen LogP contribution in [0.2, 0.25) is 0 Å². The molecule has 0 saturated carbocycles. The van der Waals surface area contributed by atoms with Gasteiger partial charge in [0.05, 0.1) is 0 Å². The Morgan fingerprint density at radius 3 is 2.71 bits per heavy atom. The van der Waals surface area contributed by atoms with Crippen LogP contribution < -0.4 is 0 Å². The van der Waals surface area contributed by atoms with Gasteiger partial charge in [0.15, 0.2) is 5.78 Å². The van der Waals surface area contributed by atoms with E-state index in [9.17, 15) is 4.79 Å². The van der Waals surface area contributed by atoms with Crippen LogP contribution in [0.3, 0.4) is 0 Å². The fraction of sp³-hybridized carbons (Fsp3) is 0.0909. The first-order valence-electron chi connectivity index (χ1n) is 4.30. The highest BCUT2D eigenvalue weighted by Gasteiger charge is 2.06. The number of nitrogens with zero attached hydrogens (tertiary/aromatic N) is 1. The first-order chi connectivity index (χ1) is 6.86. The predicted molar refractivity (Wildman–Crippen MR) is 56.6 cm³/mol. The lowest BCUT2D eigenvalue weighted by Crippen LogP contribution is -2.01. The molecule has 0 aliphatic carbocycles. The molecule has 2 aromatic heterocycles. The molecule has 0 fully saturated rings. The second-order valence-corrected chi connectivity index (χ2v) is 3.75. The number of pyridine rings is 1. The van der Waals surface area contributed by atoms with E-state index in [0.717, 1.165) is 11.1 Å². The van der Waals surface area contributed by atoms with Gasteiger partial charge in [-0.15, -0.1) is 0 Å². The molecule has 0 bridgehead atoms. The second kappa shape index (κ2) is 4.15. The van der Waals surface area contributed by atoms with Gasteiger partial charge < -0.3 is 0 Å². The third-order valence-electron chi connectivity index (χ3n) is 1.96. The quantitative estimate of drug-likeness (QED) is 0.717. The Bertz CT molecular complexity index is 408. The van der Waals surface area contributed by atoms with Crippen LogP contribution in [0.5, 0.6) is 0 Å². The summed E-state index contributed by atoms with van der Waals surface area (Å²) in [7, 11) is 0. The molecule has 2 aromatic rings. The molecule has 2 rings (SSSR count). The first-order valence-corrected chi connectivity index (χ1v) is 5.25. The first kappa shape index (κ1) is 9.09. The summed E-state index contributed by atoms with van der Waals surface area (Å²) < 4.78 is 0. The Hall–Kier alpha value is -1.48. The molecule has 0 atom stereocenters. The molecule has 0 unspecified atom stereocenters.